The fraction of sp³-hybridized carbons (Fsp3) is 0.462. The Bertz CT molecular complexity index is 1110. The predicted octanol–water partition coefficient (Wildman–Crippen LogP) is 2.36. The molecule has 2 amide bonds. The van der Waals surface area contributed by atoms with Crippen LogP contribution >= 0.6 is 0 Å². The molecule has 1 saturated heterocycles. The van der Waals surface area contributed by atoms with Gasteiger partial charge in [0.05, 0.1) is 12.0 Å². The van der Waals surface area contributed by atoms with Gasteiger partial charge in [0.1, 0.15) is 11.8 Å². The van der Waals surface area contributed by atoms with Crippen LogP contribution in [-0.2, 0) is 19.6 Å². The van der Waals surface area contributed by atoms with Gasteiger partial charge in [-0.3, -0.25) is 9.59 Å². The number of carbonyl (C=O) groups excluding carboxylic acids is 2. The van der Waals surface area contributed by atoms with Crippen LogP contribution in [0.3, 0.4) is 0 Å². The van der Waals surface area contributed by atoms with Crippen molar-refractivity contribution < 1.29 is 27.5 Å². The summed E-state index contributed by atoms with van der Waals surface area (Å²) in [6, 6.07) is 12.6. The molecule has 10 heteroatoms. The normalized spacial score (nSPS) is 15.8. The average molecular weight is 518 g/mol. The molecule has 3 rings (SSSR count). The molecule has 1 heterocycles. The van der Waals surface area contributed by atoms with Gasteiger partial charge in [0.15, 0.2) is 0 Å². The zero-order chi connectivity index (χ0) is 26.1. The molecule has 1 fully saturated rings. The quantitative estimate of drug-likeness (QED) is 0.443. The molecule has 196 valence electrons. The van der Waals surface area contributed by atoms with Crippen molar-refractivity contribution in [1.29, 1.82) is 0 Å². The Morgan fingerprint density at radius 2 is 1.67 bits per heavy atom. The summed E-state index contributed by atoms with van der Waals surface area (Å²) in [4.78, 5) is 26.3. The number of hydrogen-bond acceptors (Lipinski definition) is 6. The summed E-state index contributed by atoms with van der Waals surface area (Å²) < 4.78 is 37.8. The maximum Gasteiger partial charge on any atom is 0.251 e. The van der Waals surface area contributed by atoms with Gasteiger partial charge in [-0.2, -0.15) is 4.31 Å². The fourth-order valence-corrected chi connectivity index (χ4v) is 5.68. The number of methoxy groups -OCH3 is 2. The first-order valence-corrected chi connectivity index (χ1v) is 13.5. The SMILES string of the molecule is COCCCNC(=O)[C@@H](NC(=O)c1ccc(OC)cc1)C1CCN(S(=O)(=O)c2ccc(C)cc2)CC1. The Morgan fingerprint density at radius 1 is 1.03 bits per heavy atom. The molecule has 2 aromatic rings. The Kier molecular flexibility index (Phi) is 9.86. The standard InChI is InChI=1S/C26H35N3O6S/c1-19-5-11-23(12-6-19)36(32,33)29-16-13-20(14-17-29)24(26(31)27-15-4-18-34-2)28-25(30)21-7-9-22(35-3)10-8-21/h5-12,20,24H,4,13-18H2,1-3H3,(H,27,31)(H,28,30)/t24-/m0/s1. The Hall–Kier alpha value is -2.95. The van der Waals surface area contributed by atoms with Gasteiger partial charge in [-0.1, -0.05) is 17.7 Å². The fourth-order valence-electron chi connectivity index (χ4n) is 4.21. The summed E-state index contributed by atoms with van der Waals surface area (Å²) in [6.07, 6.45) is 1.54. The van der Waals surface area contributed by atoms with Gasteiger partial charge >= 0.3 is 0 Å². The lowest BCUT2D eigenvalue weighted by atomic mass is 9.89. The van der Waals surface area contributed by atoms with Crippen molar-refractivity contribution in [2.75, 3.05) is 40.5 Å². The highest BCUT2D eigenvalue weighted by Crippen LogP contribution is 2.26. The molecule has 2 N–H and O–H groups in total. The zero-order valence-electron chi connectivity index (χ0n) is 21.0. The molecule has 9 nitrogen and oxygen atoms in total. The Morgan fingerprint density at radius 3 is 2.25 bits per heavy atom. The maximum atomic E-state index is 13.1. The third-order valence-corrected chi connectivity index (χ3v) is 8.29. The van der Waals surface area contributed by atoms with Crippen molar-refractivity contribution in [3.05, 3.63) is 59.7 Å². The number of carbonyl (C=O) groups is 2. The number of nitrogens with zero attached hydrogens (tertiary/aromatic N) is 1. The van der Waals surface area contributed by atoms with Crippen LogP contribution in [-0.4, -0.2) is 71.0 Å². The van der Waals surface area contributed by atoms with Crippen LogP contribution in [0.15, 0.2) is 53.4 Å². The van der Waals surface area contributed by atoms with Crippen LogP contribution in [0.1, 0.15) is 35.2 Å². The number of rotatable bonds is 11. The molecule has 1 aliphatic rings. The van der Waals surface area contributed by atoms with Crippen molar-refractivity contribution in [1.82, 2.24) is 14.9 Å². The van der Waals surface area contributed by atoms with Crippen LogP contribution in [0.2, 0.25) is 0 Å². The number of piperidine rings is 1. The Balaban J connectivity index is 1.70. The lowest BCUT2D eigenvalue weighted by Gasteiger charge is -2.35. The molecule has 36 heavy (non-hydrogen) atoms. The highest BCUT2D eigenvalue weighted by atomic mass is 32.2. The molecule has 0 aromatic heterocycles. The first-order chi connectivity index (χ1) is 17.3. The van der Waals surface area contributed by atoms with E-state index in [1.54, 1.807) is 62.8 Å². The lowest BCUT2D eigenvalue weighted by molar-refractivity contribution is -0.124. The number of aryl methyl sites for hydroxylation is 1. The van der Waals surface area contributed by atoms with Crippen molar-refractivity contribution in [2.24, 2.45) is 5.92 Å². The van der Waals surface area contributed by atoms with E-state index in [0.717, 1.165) is 5.56 Å². The summed E-state index contributed by atoms with van der Waals surface area (Å²) >= 11 is 0. The largest absolute Gasteiger partial charge is 0.497 e. The van der Waals surface area contributed by atoms with E-state index in [4.69, 9.17) is 9.47 Å². The maximum absolute atomic E-state index is 13.1. The minimum Gasteiger partial charge on any atom is -0.497 e. The number of benzene rings is 2. The minimum atomic E-state index is -3.62. The number of amides is 2. The number of nitrogens with one attached hydrogen (secondary N) is 2. The van der Waals surface area contributed by atoms with E-state index < -0.39 is 16.1 Å². The zero-order valence-corrected chi connectivity index (χ0v) is 21.8. The van der Waals surface area contributed by atoms with Crippen LogP contribution in [0.5, 0.6) is 5.75 Å². The molecule has 0 aliphatic carbocycles. The molecule has 1 atom stereocenters. The summed E-state index contributed by atoms with van der Waals surface area (Å²) in [5, 5.41) is 5.76. The Labute approximate surface area is 213 Å². The van der Waals surface area contributed by atoms with Gasteiger partial charge in [0.25, 0.3) is 5.91 Å². The third-order valence-electron chi connectivity index (χ3n) is 6.37. The average Bonchev–Trinajstić information content (AvgIpc) is 2.90. The molecule has 0 radical (unpaired) electrons. The van der Waals surface area contributed by atoms with Gasteiger partial charge in [-0.25, -0.2) is 8.42 Å². The van der Waals surface area contributed by atoms with Crippen LogP contribution < -0.4 is 15.4 Å². The van der Waals surface area contributed by atoms with Gasteiger partial charge < -0.3 is 20.1 Å². The van der Waals surface area contributed by atoms with Gasteiger partial charge in [0.2, 0.25) is 15.9 Å². The molecule has 0 unspecified atom stereocenters. The molecule has 0 spiro atoms. The number of sulfonamides is 1. The van der Waals surface area contributed by atoms with Crippen molar-refractivity contribution in [3.8, 4) is 5.75 Å². The van der Waals surface area contributed by atoms with E-state index in [1.165, 1.54) is 4.31 Å². The van der Waals surface area contributed by atoms with Crippen molar-refractivity contribution in [2.45, 2.75) is 37.1 Å². The summed E-state index contributed by atoms with van der Waals surface area (Å²) in [5.41, 5.74) is 1.40. The first-order valence-electron chi connectivity index (χ1n) is 12.0. The smallest absolute Gasteiger partial charge is 0.251 e. The van der Waals surface area contributed by atoms with Crippen LogP contribution in [0.25, 0.3) is 0 Å². The monoisotopic (exact) mass is 517 g/mol. The van der Waals surface area contributed by atoms with Crippen molar-refractivity contribution in [3.63, 3.8) is 0 Å². The molecular weight excluding hydrogens is 482 g/mol. The van der Waals surface area contributed by atoms with Crippen LogP contribution in [0, 0.1) is 12.8 Å². The second-order valence-electron chi connectivity index (χ2n) is 8.87. The highest BCUT2D eigenvalue weighted by Gasteiger charge is 2.36. The van der Waals surface area contributed by atoms with Gasteiger partial charge in [-0.15, -0.1) is 0 Å². The van der Waals surface area contributed by atoms with E-state index in [0.29, 0.717) is 43.7 Å². The molecule has 2 aromatic carbocycles. The first kappa shape index (κ1) is 27.6. The summed E-state index contributed by atoms with van der Waals surface area (Å²) in [5.74, 6) is -0.238. The summed E-state index contributed by atoms with van der Waals surface area (Å²) in [6.45, 7) is 3.38. The minimum absolute atomic E-state index is 0.209. The van der Waals surface area contributed by atoms with Gasteiger partial charge in [-0.05, 0) is 68.5 Å². The van der Waals surface area contributed by atoms with E-state index in [2.05, 4.69) is 10.6 Å². The molecule has 0 saturated carbocycles. The van der Waals surface area contributed by atoms with E-state index in [-0.39, 0.29) is 35.7 Å². The topological polar surface area (TPSA) is 114 Å². The van der Waals surface area contributed by atoms with Gasteiger partial charge in [0, 0.05) is 38.9 Å². The molecule has 1 aliphatic heterocycles. The van der Waals surface area contributed by atoms with E-state index >= 15 is 0 Å². The second-order valence-corrected chi connectivity index (χ2v) is 10.8. The van der Waals surface area contributed by atoms with Crippen LogP contribution in [0.4, 0.5) is 0 Å². The van der Waals surface area contributed by atoms with E-state index in [9.17, 15) is 18.0 Å². The second kappa shape index (κ2) is 12.8. The highest BCUT2D eigenvalue weighted by molar-refractivity contribution is 7.89. The predicted molar refractivity (Wildman–Crippen MR) is 136 cm³/mol. The number of hydrogen-bond donors (Lipinski definition) is 2. The third kappa shape index (κ3) is 7.05. The number of ether oxygens (including phenoxy) is 2. The van der Waals surface area contributed by atoms with Crippen molar-refractivity contribution >= 4 is 21.8 Å². The molecule has 0 bridgehead atoms. The summed E-state index contributed by atoms with van der Waals surface area (Å²) in [7, 11) is -0.480. The lowest BCUT2D eigenvalue weighted by Crippen LogP contribution is -2.54. The van der Waals surface area contributed by atoms with E-state index in [1.807, 2.05) is 6.92 Å². The molecular formula is C26H35N3O6S.